The minimum Gasteiger partial charge on any atom is -0.496 e. The van der Waals surface area contributed by atoms with Gasteiger partial charge in [-0.3, -0.25) is 4.79 Å². The van der Waals surface area contributed by atoms with Gasteiger partial charge in [0.2, 0.25) is 0 Å². The first kappa shape index (κ1) is 15.5. The van der Waals surface area contributed by atoms with Crippen LogP contribution in [0.5, 0.6) is 5.75 Å². The van der Waals surface area contributed by atoms with Gasteiger partial charge >= 0.3 is 0 Å². The molecule has 0 radical (unpaired) electrons. The second kappa shape index (κ2) is 6.74. The number of aliphatic hydroxyl groups excluding tert-OH is 1. The standard InChI is InChI=1S/C16H16BrNO3/c1-10(19)11-3-6-13(7-4-11)18-16(20)14-9-12(17)5-8-15(14)21-2/h3-10,19H,1-2H3,(H,18,20). The van der Waals surface area contributed by atoms with Crippen molar-refractivity contribution in [3.63, 3.8) is 0 Å². The number of anilines is 1. The van der Waals surface area contributed by atoms with Crippen LogP contribution in [-0.4, -0.2) is 18.1 Å². The van der Waals surface area contributed by atoms with Crippen molar-refractivity contribution in [2.75, 3.05) is 12.4 Å². The van der Waals surface area contributed by atoms with E-state index in [4.69, 9.17) is 4.74 Å². The van der Waals surface area contributed by atoms with E-state index in [2.05, 4.69) is 21.2 Å². The van der Waals surface area contributed by atoms with Gasteiger partial charge in [0.1, 0.15) is 5.75 Å². The first-order valence-electron chi connectivity index (χ1n) is 6.44. The molecule has 0 aliphatic heterocycles. The van der Waals surface area contributed by atoms with Crippen molar-refractivity contribution in [1.29, 1.82) is 0 Å². The van der Waals surface area contributed by atoms with E-state index in [-0.39, 0.29) is 5.91 Å². The minimum absolute atomic E-state index is 0.252. The van der Waals surface area contributed by atoms with Gasteiger partial charge in [-0.25, -0.2) is 0 Å². The number of benzene rings is 2. The Morgan fingerprint density at radius 2 is 1.90 bits per heavy atom. The Kier molecular flexibility index (Phi) is 4.98. The number of methoxy groups -OCH3 is 1. The normalized spacial score (nSPS) is 11.8. The number of nitrogens with one attached hydrogen (secondary N) is 1. The zero-order chi connectivity index (χ0) is 15.4. The van der Waals surface area contributed by atoms with Crippen LogP contribution in [0.3, 0.4) is 0 Å². The van der Waals surface area contributed by atoms with E-state index in [1.807, 2.05) is 6.07 Å². The van der Waals surface area contributed by atoms with Gasteiger partial charge in [-0.2, -0.15) is 0 Å². The topological polar surface area (TPSA) is 58.6 Å². The zero-order valence-corrected chi connectivity index (χ0v) is 13.3. The largest absolute Gasteiger partial charge is 0.496 e. The Labute approximate surface area is 131 Å². The van der Waals surface area contributed by atoms with E-state index >= 15 is 0 Å². The summed E-state index contributed by atoms with van der Waals surface area (Å²) >= 11 is 3.34. The third-order valence-corrected chi connectivity index (χ3v) is 3.55. The second-order valence-corrected chi connectivity index (χ2v) is 5.51. The second-order valence-electron chi connectivity index (χ2n) is 4.60. The molecule has 0 bridgehead atoms. The first-order chi connectivity index (χ1) is 10.0. The highest BCUT2D eigenvalue weighted by Crippen LogP contribution is 2.24. The molecule has 0 spiro atoms. The SMILES string of the molecule is COc1ccc(Br)cc1C(=O)Nc1ccc(C(C)O)cc1. The van der Waals surface area contributed by atoms with Crippen LogP contribution in [0.15, 0.2) is 46.9 Å². The van der Waals surface area contributed by atoms with E-state index in [9.17, 15) is 9.90 Å². The summed E-state index contributed by atoms with van der Waals surface area (Å²) in [6.07, 6.45) is -0.528. The van der Waals surface area contributed by atoms with Gasteiger partial charge in [0.25, 0.3) is 5.91 Å². The summed E-state index contributed by atoms with van der Waals surface area (Å²) in [5, 5.41) is 12.3. The molecule has 0 aliphatic carbocycles. The number of amides is 1. The van der Waals surface area contributed by atoms with E-state index in [0.29, 0.717) is 17.0 Å². The maximum atomic E-state index is 12.3. The van der Waals surface area contributed by atoms with Crippen LogP contribution in [-0.2, 0) is 0 Å². The lowest BCUT2D eigenvalue weighted by atomic mass is 10.1. The molecule has 0 aliphatic rings. The van der Waals surface area contributed by atoms with E-state index < -0.39 is 6.10 Å². The Balaban J connectivity index is 2.19. The van der Waals surface area contributed by atoms with Gasteiger partial charge in [0.05, 0.1) is 18.8 Å². The lowest BCUT2D eigenvalue weighted by molar-refractivity contribution is 0.102. The lowest BCUT2D eigenvalue weighted by Crippen LogP contribution is -2.13. The molecular weight excluding hydrogens is 334 g/mol. The highest BCUT2D eigenvalue weighted by molar-refractivity contribution is 9.10. The molecule has 1 amide bonds. The summed E-state index contributed by atoms with van der Waals surface area (Å²) < 4.78 is 6.00. The van der Waals surface area contributed by atoms with Crippen molar-refractivity contribution >= 4 is 27.5 Å². The molecule has 2 aromatic rings. The monoisotopic (exact) mass is 349 g/mol. The average Bonchev–Trinajstić information content (AvgIpc) is 2.47. The van der Waals surface area contributed by atoms with E-state index in [1.54, 1.807) is 43.3 Å². The quantitative estimate of drug-likeness (QED) is 0.883. The summed E-state index contributed by atoms with van der Waals surface area (Å²) in [5.74, 6) is 0.259. The molecule has 1 unspecified atom stereocenters. The maximum absolute atomic E-state index is 12.3. The van der Waals surface area contributed by atoms with Crippen molar-refractivity contribution < 1.29 is 14.6 Å². The molecule has 5 heteroatoms. The molecule has 0 aromatic heterocycles. The Morgan fingerprint density at radius 3 is 2.48 bits per heavy atom. The molecule has 1 atom stereocenters. The molecule has 0 saturated heterocycles. The Morgan fingerprint density at radius 1 is 1.24 bits per heavy atom. The summed E-state index contributed by atoms with van der Waals surface area (Å²) in [6.45, 7) is 1.69. The van der Waals surface area contributed by atoms with Gasteiger partial charge in [-0.15, -0.1) is 0 Å². The molecule has 4 nitrogen and oxygen atoms in total. The van der Waals surface area contributed by atoms with Crippen LogP contribution < -0.4 is 10.1 Å². The van der Waals surface area contributed by atoms with Crippen molar-refractivity contribution in [3.8, 4) is 5.75 Å². The van der Waals surface area contributed by atoms with Crippen molar-refractivity contribution in [1.82, 2.24) is 0 Å². The molecule has 21 heavy (non-hydrogen) atoms. The van der Waals surface area contributed by atoms with Gasteiger partial charge in [0, 0.05) is 10.2 Å². The van der Waals surface area contributed by atoms with Crippen LogP contribution in [0.1, 0.15) is 28.9 Å². The number of hydrogen-bond acceptors (Lipinski definition) is 3. The van der Waals surface area contributed by atoms with Crippen LogP contribution >= 0.6 is 15.9 Å². The molecule has 2 N–H and O–H groups in total. The summed E-state index contributed by atoms with van der Waals surface area (Å²) in [5.41, 5.74) is 1.91. The molecule has 2 rings (SSSR count). The number of carbonyl (C=O) groups is 1. The van der Waals surface area contributed by atoms with Crippen LogP contribution in [0.4, 0.5) is 5.69 Å². The summed E-state index contributed by atoms with van der Waals surface area (Å²) in [6, 6.07) is 12.3. The fourth-order valence-electron chi connectivity index (χ4n) is 1.90. The smallest absolute Gasteiger partial charge is 0.259 e. The number of aliphatic hydroxyl groups is 1. The number of carbonyl (C=O) groups excluding carboxylic acids is 1. The van der Waals surface area contributed by atoms with Crippen molar-refractivity contribution in [2.24, 2.45) is 0 Å². The molecule has 0 fully saturated rings. The fourth-order valence-corrected chi connectivity index (χ4v) is 2.26. The van der Waals surface area contributed by atoms with Gasteiger partial charge in [-0.05, 0) is 42.8 Å². The molecule has 0 saturated carbocycles. The third-order valence-electron chi connectivity index (χ3n) is 3.06. The van der Waals surface area contributed by atoms with Gasteiger partial charge in [-0.1, -0.05) is 28.1 Å². The van der Waals surface area contributed by atoms with E-state index in [0.717, 1.165) is 10.0 Å². The van der Waals surface area contributed by atoms with Crippen molar-refractivity contribution in [3.05, 3.63) is 58.1 Å². The third kappa shape index (κ3) is 3.83. The fraction of sp³-hybridized carbons (Fsp3) is 0.188. The number of ether oxygens (including phenoxy) is 1. The van der Waals surface area contributed by atoms with Crippen LogP contribution in [0, 0.1) is 0 Å². The highest BCUT2D eigenvalue weighted by Gasteiger charge is 2.13. The van der Waals surface area contributed by atoms with E-state index in [1.165, 1.54) is 7.11 Å². The Bertz CT molecular complexity index is 638. The maximum Gasteiger partial charge on any atom is 0.259 e. The van der Waals surface area contributed by atoms with Gasteiger partial charge < -0.3 is 15.2 Å². The van der Waals surface area contributed by atoms with Crippen molar-refractivity contribution in [2.45, 2.75) is 13.0 Å². The first-order valence-corrected chi connectivity index (χ1v) is 7.23. The minimum atomic E-state index is -0.528. The van der Waals surface area contributed by atoms with Crippen LogP contribution in [0.2, 0.25) is 0 Å². The van der Waals surface area contributed by atoms with Gasteiger partial charge in [0.15, 0.2) is 0 Å². The molecule has 110 valence electrons. The predicted octanol–water partition coefficient (Wildman–Crippen LogP) is 3.76. The molecule has 2 aromatic carbocycles. The number of halogens is 1. The predicted molar refractivity (Wildman–Crippen MR) is 85.7 cm³/mol. The molecular formula is C16H16BrNO3. The Hall–Kier alpha value is -1.85. The average molecular weight is 350 g/mol. The highest BCUT2D eigenvalue weighted by atomic mass is 79.9. The number of hydrogen-bond donors (Lipinski definition) is 2. The molecule has 0 heterocycles. The van der Waals surface area contributed by atoms with Crippen LogP contribution in [0.25, 0.3) is 0 Å². The lowest BCUT2D eigenvalue weighted by Gasteiger charge is -2.11. The number of rotatable bonds is 4. The zero-order valence-electron chi connectivity index (χ0n) is 11.8. The summed E-state index contributed by atoms with van der Waals surface area (Å²) in [7, 11) is 1.53. The summed E-state index contributed by atoms with van der Waals surface area (Å²) in [4.78, 5) is 12.3.